The second-order valence-electron chi connectivity index (χ2n) is 6.44. The third-order valence-electron chi connectivity index (χ3n) is 4.94. The topological polar surface area (TPSA) is 71.8 Å². The van der Waals surface area contributed by atoms with Crippen molar-refractivity contribution < 1.29 is 4.79 Å². The Labute approximate surface area is 149 Å². The summed E-state index contributed by atoms with van der Waals surface area (Å²) in [5, 5.41) is 14.7. The number of nitrogens with zero attached hydrogens (tertiary/aromatic N) is 3. The molecule has 0 saturated carbocycles. The number of nitrogens with one attached hydrogen (secondary N) is 2. The molecule has 126 valence electrons. The average Bonchev–Trinajstić information content (AvgIpc) is 3.24. The summed E-state index contributed by atoms with van der Waals surface area (Å²) in [4.78, 5) is 12.5. The molecule has 0 spiro atoms. The lowest BCUT2D eigenvalue weighted by molar-refractivity contribution is 0.0931. The Bertz CT molecular complexity index is 753. The zero-order chi connectivity index (χ0) is 16.5. The summed E-state index contributed by atoms with van der Waals surface area (Å²) in [6.45, 7) is 1.97. The molecule has 1 aromatic heterocycles. The molecule has 1 aliphatic heterocycles. The standard InChI is InChI=1S/C17H20BrN5O/c18-14-3-1-2-13-12(14)4-5-15(13)20-17(24)16-10-23(22-21-16)11-6-8-19-9-7-11/h1-3,10-11,15,19H,4-9H2,(H,20,24). The maximum absolute atomic E-state index is 12.5. The van der Waals surface area contributed by atoms with Gasteiger partial charge in [0.15, 0.2) is 5.69 Å². The second-order valence-corrected chi connectivity index (χ2v) is 7.29. The Morgan fingerprint density at radius 1 is 1.29 bits per heavy atom. The van der Waals surface area contributed by atoms with Crippen LogP contribution in [0, 0.1) is 0 Å². The van der Waals surface area contributed by atoms with Crippen molar-refractivity contribution in [2.45, 2.75) is 37.8 Å². The molecule has 0 bridgehead atoms. The van der Waals surface area contributed by atoms with Gasteiger partial charge in [0.2, 0.25) is 0 Å². The minimum atomic E-state index is -0.145. The van der Waals surface area contributed by atoms with Gasteiger partial charge in [-0.1, -0.05) is 33.3 Å². The molecule has 2 aromatic rings. The van der Waals surface area contributed by atoms with Crippen molar-refractivity contribution in [2.75, 3.05) is 13.1 Å². The Hall–Kier alpha value is -1.73. The molecule has 2 heterocycles. The maximum atomic E-state index is 12.5. The van der Waals surface area contributed by atoms with Gasteiger partial charge in [0, 0.05) is 4.47 Å². The molecule has 1 unspecified atom stereocenters. The Morgan fingerprint density at radius 2 is 2.12 bits per heavy atom. The second kappa shape index (κ2) is 6.64. The Morgan fingerprint density at radius 3 is 2.96 bits per heavy atom. The van der Waals surface area contributed by atoms with Crippen LogP contribution in [0.1, 0.15) is 53.0 Å². The fourth-order valence-electron chi connectivity index (χ4n) is 3.62. The van der Waals surface area contributed by atoms with E-state index >= 15 is 0 Å². The lowest BCUT2D eigenvalue weighted by atomic mass is 10.1. The summed E-state index contributed by atoms with van der Waals surface area (Å²) in [7, 11) is 0. The van der Waals surface area contributed by atoms with Crippen LogP contribution >= 0.6 is 15.9 Å². The van der Waals surface area contributed by atoms with E-state index in [2.05, 4.69) is 42.9 Å². The minimum absolute atomic E-state index is 0.0500. The number of amides is 1. The summed E-state index contributed by atoms with van der Waals surface area (Å²) in [5.74, 6) is -0.145. The molecule has 1 saturated heterocycles. The fourth-order valence-corrected chi connectivity index (χ4v) is 4.20. The van der Waals surface area contributed by atoms with E-state index in [1.807, 2.05) is 16.8 Å². The highest BCUT2D eigenvalue weighted by atomic mass is 79.9. The van der Waals surface area contributed by atoms with E-state index in [0.717, 1.165) is 43.2 Å². The van der Waals surface area contributed by atoms with Crippen molar-refractivity contribution in [1.29, 1.82) is 0 Å². The van der Waals surface area contributed by atoms with E-state index in [1.165, 1.54) is 11.1 Å². The van der Waals surface area contributed by atoms with Crippen molar-refractivity contribution in [3.63, 3.8) is 0 Å². The first-order valence-corrected chi connectivity index (χ1v) is 9.22. The van der Waals surface area contributed by atoms with Gasteiger partial charge in [-0.05, 0) is 56.0 Å². The molecule has 1 atom stereocenters. The SMILES string of the molecule is O=C(NC1CCc2c(Br)cccc21)c1cn(C2CCNCC2)nn1. The average molecular weight is 390 g/mol. The number of carbonyl (C=O) groups excluding carboxylic acids is 1. The highest BCUT2D eigenvalue weighted by molar-refractivity contribution is 9.10. The molecule has 1 amide bonds. The highest BCUT2D eigenvalue weighted by Crippen LogP contribution is 2.35. The normalized spacial score (nSPS) is 20.8. The van der Waals surface area contributed by atoms with Gasteiger partial charge >= 0.3 is 0 Å². The van der Waals surface area contributed by atoms with E-state index in [9.17, 15) is 4.79 Å². The number of hydrogen-bond acceptors (Lipinski definition) is 4. The molecule has 1 aliphatic carbocycles. The first-order chi connectivity index (χ1) is 11.7. The lowest BCUT2D eigenvalue weighted by Gasteiger charge is -2.22. The van der Waals surface area contributed by atoms with Gasteiger partial charge in [0.25, 0.3) is 5.91 Å². The number of piperidine rings is 1. The molecule has 1 fully saturated rings. The molecule has 24 heavy (non-hydrogen) atoms. The first-order valence-electron chi connectivity index (χ1n) is 8.43. The zero-order valence-electron chi connectivity index (χ0n) is 13.3. The molecule has 1 aromatic carbocycles. The van der Waals surface area contributed by atoms with Gasteiger partial charge in [-0.25, -0.2) is 4.68 Å². The lowest BCUT2D eigenvalue weighted by Crippen LogP contribution is -2.29. The largest absolute Gasteiger partial charge is 0.344 e. The van der Waals surface area contributed by atoms with Gasteiger partial charge in [-0.3, -0.25) is 4.79 Å². The molecular formula is C17H20BrN5O. The predicted octanol–water partition coefficient (Wildman–Crippen LogP) is 2.38. The number of halogens is 1. The number of hydrogen-bond donors (Lipinski definition) is 2. The monoisotopic (exact) mass is 389 g/mol. The van der Waals surface area contributed by atoms with Crippen LogP contribution in [-0.4, -0.2) is 34.0 Å². The van der Waals surface area contributed by atoms with E-state index in [1.54, 1.807) is 6.20 Å². The van der Waals surface area contributed by atoms with Crippen molar-refractivity contribution in [3.8, 4) is 0 Å². The van der Waals surface area contributed by atoms with Gasteiger partial charge in [-0.2, -0.15) is 0 Å². The summed E-state index contributed by atoms with van der Waals surface area (Å²) in [5.41, 5.74) is 2.89. The van der Waals surface area contributed by atoms with Gasteiger partial charge in [-0.15, -0.1) is 5.10 Å². The van der Waals surface area contributed by atoms with Crippen LogP contribution in [0.3, 0.4) is 0 Å². The number of fused-ring (bicyclic) bond motifs is 1. The van der Waals surface area contributed by atoms with Crippen molar-refractivity contribution >= 4 is 21.8 Å². The Balaban J connectivity index is 1.46. The van der Waals surface area contributed by atoms with E-state index < -0.39 is 0 Å². The number of benzene rings is 1. The van der Waals surface area contributed by atoms with Crippen LogP contribution in [0.5, 0.6) is 0 Å². The maximum Gasteiger partial charge on any atom is 0.273 e. The molecule has 0 radical (unpaired) electrons. The molecule has 2 aliphatic rings. The fraction of sp³-hybridized carbons (Fsp3) is 0.471. The first kappa shape index (κ1) is 15.8. The summed E-state index contributed by atoms with van der Waals surface area (Å²) in [6, 6.07) is 6.54. The summed E-state index contributed by atoms with van der Waals surface area (Å²) >= 11 is 3.59. The van der Waals surface area contributed by atoms with Crippen LogP contribution < -0.4 is 10.6 Å². The van der Waals surface area contributed by atoms with Crippen LogP contribution in [-0.2, 0) is 6.42 Å². The van der Waals surface area contributed by atoms with Gasteiger partial charge in [0.05, 0.1) is 18.3 Å². The molecular weight excluding hydrogens is 370 g/mol. The smallest absolute Gasteiger partial charge is 0.273 e. The third kappa shape index (κ3) is 2.98. The molecule has 2 N–H and O–H groups in total. The number of aromatic nitrogens is 3. The summed E-state index contributed by atoms with van der Waals surface area (Å²) < 4.78 is 2.96. The summed E-state index contributed by atoms with van der Waals surface area (Å²) in [6.07, 6.45) is 5.72. The van der Waals surface area contributed by atoms with E-state index in [4.69, 9.17) is 0 Å². The van der Waals surface area contributed by atoms with Crippen LogP contribution in [0.15, 0.2) is 28.9 Å². The highest BCUT2D eigenvalue weighted by Gasteiger charge is 2.27. The molecule has 7 heteroatoms. The predicted molar refractivity (Wildman–Crippen MR) is 93.8 cm³/mol. The number of carbonyl (C=O) groups is 1. The molecule has 6 nitrogen and oxygen atoms in total. The van der Waals surface area contributed by atoms with Crippen molar-refractivity contribution in [2.24, 2.45) is 0 Å². The van der Waals surface area contributed by atoms with Gasteiger partial charge < -0.3 is 10.6 Å². The zero-order valence-corrected chi connectivity index (χ0v) is 14.9. The van der Waals surface area contributed by atoms with Crippen LogP contribution in [0.4, 0.5) is 0 Å². The Kier molecular flexibility index (Phi) is 4.37. The van der Waals surface area contributed by atoms with Crippen molar-refractivity contribution in [1.82, 2.24) is 25.6 Å². The number of rotatable bonds is 3. The van der Waals surface area contributed by atoms with Crippen LogP contribution in [0.2, 0.25) is 0 Å². The quantitative estimate of drug-likeness (QED) is 0.844. The molecule has 4 rings (SSSR count). The van der Waals surface area contributed by atoms with Crippen molar-refractivity contribution in [3.05, 3.63) is 45.7 Å². The minimum Gasteiger partial charge on any atom is -0.344 e. The van der Waals surface area contributed by atoms with Gasteiger partial charge in [0.1, 0.15) is 0 Å². The van der Waals surface area contributed by atoms with E-state index in [0.29, 0.717) is 11.7 Å². The van der Waals surface area contributed by atoms with E-state index in [-0.39, 0.29) is 11.9 Å². The third-order valence-corrected chi connectivity index (χ3v) is 5.69. The van der Waals surface area contributed by atoms with Crippen LogP contribution in [0.25, 0.3) is 0 Å².